The van der Waals surface area contributed by atoms with Gasteiger partial charge in [0.05, 0.1) is 28.9 Å². The second-order valence-corrected chi connectivity index (χ2v) is 12.9. The number of benzene rings is 3. The second-order valence-electron chi connectivity index (χ2n) is 8.54. The molecule has 0 aliphatic carbocycles. The van der Waals surface area contributed by atoms with Crippen LogP contribution in [0.2, 0.25) is 5.02 Å². The molecule has 8 nitrogen and oxygen atoms in total. The fourth-order valence-electron chi connectivity index (χ4n) is 3.78. The molecular weight excluding hydrogens is 558 g/mol. The molecule has 0 saturated carbocycles. The maximum absolute atomic E-state index is 14.8. The molecule has 0 spiro atoms. The summed E-state index contributed by atoms with van der Waals surface area (Å²) in [5.41, 5.74) is 0.867. The fraction of sp³-hybridized carbons (Fsp3) is 0.200. The Labute approximate surface area is 224 Å². The maximum atomic E-state index is 14.8. The van der Waals surface area contributed by atoms with E-state index in [0.29, 0.717) is 5.02 Å². The van der Waals surface area contributed by atoms with Gasteiger partial charge in [0, 0.05) is 23.8 Å². The number of hydrogen-bond acceptors (Lipinski definition) is 7. The maximum Gasteiger partial charge on any atom is 0.263 e. The van der Waals surface area contributed by atoms with E-state index in [1.807, 2.05) is 0 Å². The number of amidine groups is 1. The van der Waals surface area contributed by atoms with Crippen molar-refractivity contribution in [2.45, 2.75) is 17.4 Å². The highest BCUT2D eigenvalue weighted by atomic mass is 35.5. The SMILES string of the molecule is CS(=O)(=O)CCN=C(NS(=O)(=O)c1ccc(Cl)cc1)C1=NN(c2ccc(F)cc2F)C(c2ccccc2)C1. The van der Waals surface area contributed by atoms with Gasteiger partial charge in [-0.2, -0.15) is 5.10 Å². The van der Waals surface area contributed by atoms with Crippen molar-refractivity contribution in [3.63, 3.8) is 0 Å². The molecule has 0 aromatic heterocycles. The number of aliphatic imine (C=N–C) groups is 1. The van der Waals surface area contributed by atoms with Crippen molar-refractivity contribution in [2.24, 2.45) is 10.1 Å². The highest BCUT2D eigenvalue weighted by molar-refractivity contribution is 7.90. The third-order valence-corrected chi connectivity index (χ3v) is 8.14. The van der Waals surface area contributed by atoms with E-state index in [-0.39, 0.29) is 40.8 Å². The molecular formula is C25H23ClF2N4O4S2. The molecule has 1 N–H and O–H groups in total. The summed E-state index contributed by atoms with van der Waals surface area (Å²) in [6.45, 7) is -0.239. The van der Waals surface area contributed by atoms with Crippen LogP contribution in [0, 0.1) is 11.6 Å². The summed E-state index contributed by atoms with van der Waals surface area (Å²) in [5, 5.41) is 6.15. The van der Waals surface area contributed by atoms with Crippen LogP contribution in [0.1, 0.15) is 18.0 Å². The Hall–Kier alpha value is -3.35. The van der Waals surface area contributed by atoms with Gasteiger partial charge < -0.3 is 0 Å². The highest BCUT2D eigenvalue weighted by Gasteiger charge is 2.34. The van der Waals surface area contributed by atoms with Gasteiger partial charge in [0.15, 0.2) is 11.7 Å². The van der Waals surface area contributed by atoms with E-state index in [1.54, 1.807) is 30.3 Å². The zero-order chi connectivity index (χ0) is 27.5. The first-order valence-corrected chi connectivity index (χ1v) is 15.2. The van der Waals surface area contributed by atoms with Crippen molar-refractivity contribution in [1.82, 2.24) is 4.72 Å². The zero-order valence-corrected chi connectivity index (χ0v) is 22.4. The Balaban J connectivity index is 1.77. The minimum atomic E-state index is -4.17. The first kappa shape index (κ1) is 27.7. The molecule has 3 aromatic carbocycles. The van der Waals surface area contributed by atoms with Crippen LogP contribution >= 0.6 is 11.6 Å². The smallest absolute Gasteiger partial charge is 0.263 e. The summed E-state index contributed by atoms with van der Waals surface area (Å²) in [7, 11) is -7.56. The van der Waals surface area contributed by atoms with E-state index in [1.165, 1.54) is 35.3 Å². The summed E-state index contributed by atoms with van der Waals surface area (Å²) in [6, 6.07) is 16.9. The molecule has 38 heavy (non-hydrogen) atoms. The van der Waals surface area contributed by atoms with E-state index in [9.17, 15) is 25.6 Å². The monoisotopic (exact) mass is 580 g/mol. The largest absolute Gasteiger partial charge is 0.265 e. The van der Waals surface area contributed by atoms with Crippen molar-refractivity contribution in [3.8, 4) is 0 Å². The summed E-state index contributed by atoms with van der Waals surface area (Å²) in [4.78, 5) is 4.12. The van der Waals surface area contributed by atoms with Gasteiger partial charge in [0.25, 0.3) is 10.0 Å². The number of sulfone groups is 1. The predicted molar refractivity (Wildman–Crippen MR) is 144 cm³/mol. The molecule has 0 radical (unpaired) electrons. The summed E-state index contributed by atoms with van der Waals surface area (Å²) in [5.74, 6) is -2.13. The van der Waals surface area contributed by atoms with Gasteiger partial charge in [-0.1, -0.05) is 41.9 Å². The average molecular weight is 581 g/mol. The van der Waals surface area contributed by atoms with Crippen molar-refractivity contribution in [3.05, 3.63) is 95.0 Å². The van der Waals surface area contributed by atoms with Gasteiger partial charge in [0.2, 0.25) is 0 Å². The van der Waals surface area contributed by atoms with Gasteiger partial charge >= 0.3 is 0 Å². The number of halogens is 3. The van der Waals surface area contributed by atoms with Crippen molar-refractivity contribution >= 4 is 48.7 Å². The number of sulfonamides is 1. The predicted octanol–water partition coefficient (Wildman–Crippen LogP) is 4.35. The third-order valence-electron chi connectivity index (χ3n) is 5.61. The third kappa shape index (κ3) is 6.74. The number of nitrogens with zero attached hydrogens (tertiary/aromatic N) is 3. The van der Waals surface area contributed by atoms with E-state index in [0.717, 1.165) is 24.0 Å². The van der Waals surface area contributed by atoms with Gasteiger partial charge in [-0.3, -0.25) is 14.7 Å². The van der Waals surface area contributed by atoms with Crippen molar-refractivity contribution in [2.75, 3.05) is 23.6 Å². The van der Waals surface area contributed by atoms with Crippen LogP contribution in [0.15, 0.2) is 87.8 Å². The van der Waals surface area contributed by atoms with Crippen LogP contribution in [0.4, 0.5) is 14.5 Å². The Morgan fingerprint density at radius 1 is 1.05 bits per heavy atom. The molecule has 1 unspecified atom stereocenters. The molecule has 3 aromatic rings. The molecule has 200 valence electrons. The molecule has 13 heteroatoms. The van der Waals surface area contributed by atoms with Gasteiger partial charge in [-0.25, -0.2) is 25.6 Å². The average Bonchev–Trinajstić information content (AvgIpc) is 3.28. The van der Waals surface area contributed by atoms with Crippen LogP contribution in [-0.4, -0.2) is 46.9 Å². The lowest BCUT2D eigenvalue weighted by atomic mass is 10.0. The lowest BCUT2D eigenvalue weighted by Crippen LogP contribution is -2.36. The summed E-state index contributed by atoms with van der Waals surface area (Å²) < 4.78 is 80.5. The van der Waals surface area contributed by atoms with Crippen LogP contribution in [-0.2, 0) is 19.9 Å². The summed E-state index contributed by atoms with van der Waals surface area (Å²) in [6.07, 6.45) is 1.14. The molecule has 0 saturated heterocycles. The number of hydrazone groups is 1. The number of rotatable bonds is 8. The second kappa shape index (κ2) is 11.2. The van der Waals surface area contributed by atoms with E-state index in [4.69, 9.17) is 11.6 Å². The number of hydrogen-bond donors (Lipinski definition) is 1. The number of nitrogens with one attached hydrogen (secondary N) is 1. The normalized spacial score (nSPS) is 16.4. The minimum Gasteiger partial charge on any atom is -0.265 e. The Morgan fingerprint density at radius 2 is 1.74 bits per heavy atom. The Bertz CT molecular complexity index is 1600. The molecule has 0 amide bonds. The topological polar surface area (TPSA) is 108 Å². The van der Waals surface area contributed by atoms with Crippen LogP contribution in [0.5, 0.6) is 0 Å². The molecule has 4 rings (SSSR count). The molecule has 1 atom stereocenters. The van der Waals surface area contributed by atoms with Crippen molar-refractivity contribution in [1.29, 1.82) is 0 Å². The fourth-order valence-corrected chi connectivity index (χ4v) is 5.38. The van der Waals surface area contributed by atoms with Gasteiger partial charge in [-0.15, -0.1) is 0 Å². The van der Waals surface area contributed by atoms with E-state index in [2.05, 4.69) is 14.8 Å². The lowest BCUT2D eigenvalue weighted by Gasteiger charge is -2.24. The van der Waals surface area contributed by atoms with Gasteiger partial charge in [-0.05, 0) is 42.0 Å². The molecule has 0 bridgehead atoms. The first-order valence-electron chi connectivity index (χ1n) is 11.3. The van der Waals surface area contributed by atoms with Crippen LogP contribution in [0.25, 0.3) is 0 Å². The Kier molecular flexibility index (Phi) is 8.14. The molecule has 1 heterocycles. The Morgan fingerprint density at radius 3 is 2.37 bits per heavy atom. The molecule has 1 aliphatic heterocycles. The van der Waals surface area contributed by atoms with E-state index < -0.39 is 37.5 Å². The molecule has 0 fully saturated rings. The standard InChI is InChI=1S/C25H23ClF2N4O4S2/c1-37(33,34)14-13-29-25(31-38(35,36)20-10-7-18(26)8-11-20)22-16-24(17-5-3-2-4-6-17)32(30-22)23-12-9-19(27)15-21(23)28/h2-12,15,24H,13-14,16H2,1H3,(H,29,31). The van der Waals surface area contributed by atoms with Crippen molar-refractivity contribution < 1.29 is 25.6 Å². The first-order chi connectivity index (χ1) is 17.9. The summed E-state index contributed by atoms with van der Waals surface area (Å²) >= 11 is 5.88. The van der Waals surface area contributed by atoms with E-state index >= 15 is 0 Å². The van der Waals surface area contributed by atoms with Crippen LogP contribution in [0.3, 0.4) is 0 Å². The minimum absolute atomic E-state index is 0.0219. The van der Waals surface area contributed by atoms with Crippen LogP contribution < -0.4 is 9.73 Å². The molecule has 1 aliphatic rings. The zero-order valence-electron chi connectivity index (χ0n) is 20.1. The van der Waals surface area contributed by atoms with Gasteiger partial charge in [0.1, 0.15) is 21.4 Å². The highest BCUT2D eigenvalue weighted by Crippen LogP contribution is 2.37. The lowest BCUT2D eigenvalue weighted by molar-refractivity contribution is 0.573. The number of anilines is 1. The quantitative estimate of drug-likeness (QED) is 0.315.